The predicted molar refractivity (Wildman–Crippen MR) is 268 cm³/mol. The van der Waals surface area contributed by atoms with E-state index in [2.05, 4.69) is 140 Å². The molecule has 0 spiro atoms. The van der Waals surface area contributed by atoms with Crippen LogP contribution in [0.1, 0.15) is 197 Å². The molecule has 0 bridgehead atoms. The largest absolute Gasteiger partial charge is 0.0648 e. The van der Waals surface area contributed by atoms with Crippen LogP contribution in [0.4, 0.5) is 0 Å². The Morgan fingerprint density at radius 2 is 0.532 bits per heavy atom. The van der Waals surface area contributed by atoms with Crippen LogP contribution in [0.15, 0.2) is 84.9 Å². The molecule has 0 heteroatoms. The molecule has 62 heavy (non-hydrogen) atoms. The summed E-state index contributed by atoms with van der Waals surface area (Å²) in [6.45, 7) is 19.1. The summed E-state index contributed by atoms with van der Waals surface area (Å²) in [6, 6.07) is 35.4. The third-order valence-electron chi connectivity index (χ3n) is 16.9. The van der Waals surface area contributed by atoms with E-state index >= 15 is 0 Å². The zero-order chi connectivity index (χ0) is 42.6. The molecule has 4 aliphatic rings. The smallest absolute Gasteiger partial charge is 0.00129 e. The van der Waals surface area contributed by atoms with Crippen LogP contribution in [0.25, 0.3) is 66.1 Å². The van der Waals surface area contributed by atoms with E-state index < -0.39 is 0 Å². The van der Waals surface area contributed by atoms with Crippen molar-refractivity contribution in [3.63, 3.8) is 0 Å². The summed E-state index contributed by atoms with van der Waals surface area (Å²) in [4.78, 5) is 0. The van der Waals surface area contributed by atoms with E-state index in [0.29, 0.717) is 23.7 Å². The summed E-state index contributed by atoms with van der Waals surface area (Å²) in [5, 5.41) is 6.27. The second kappa shape index (κ2) is 15.4. The SMILES string of the molecule is CCC(CC)c1cccc(C(CC)CC)c1-c1cc2c3c(c1)Cc1ccc4c5c6c7c(ccc(c7c-3c15)C2)Cc1cc(-c2c(C(CC)CC)cccc2C(CC)CC)cc(c1-6)C4. The van der Waals surface area contributed by atoms with Crippen LogP contribution in [0.2, 0.25) is 0 Å². The minimum absolute atomic E-state index is 0.572. The average molecular weight is 811 g/mol. The van der Waals surface area contributed by atoms with E-state index in [1.54, 1.807) is 99.4 Å². The molecule has 7 aromatic rings. The fourth-order valence-electron chi connectivity index (χ4n) is 13.8. The van der Waals surface area contributed by atoms with E-state index in [1.807, 2.05) is 0 Å². The topological polar surface area (TPSA) is 0 Å². The molecule has 0 nitrogen and oxygen atoms in total. The van der Waals surface area contributed by atoms with Crippen LogP contribution < -0.4 is 0 Å². The lowest BCUT2D eigenvalue weighted by molar-refractivity contribution is 0.626. The van der Waals surface area contributed by atoms with Crippen molar-refractivity contribution in [1.82, 2.24) is 0 Å². The summed E-state index contributed by atoms with van der Waals surface area (Å²) in [6.07, 6.45) is 13.5. The standard InChI is InChI=1S/C62H66/c1-9-35(10-2)49-19-17-20-50(36(11-3)12-4)55(49)47-31-43-27-39-23-25-41-29-45-33-48(56-51(37(13-5)14-6)21-18-22-52(56)38(15-7)16-8)34-46-30-42-26-24-40-28-44(32-47)53(43)61-57(39)59(41)62(54(45)46)60(42)58(40)61/h17-26,31-38H,9-16,27-30H2,1-8H3. The van der Waals surface area contributed by atoms with Crippen molar-refractivity contribution in [3.8, 4) is 44.5 Å². The van der Waals surface area contributed by atoms with Crippen molar-refractivity contribution in [3.05, 3.63) is 152 Å². The Hall–Kier alpha value is -4.94. The molecule has 0 aliphatic heterocycles. The Balaban J connectivity index is 1.15. The highest BCUT2D eigenvalue weighted by molar-refractivity contribution is 6.28. The molecule has 0 heterocycles. The first-order valence-electron chi connectivity index (χ1n) is 25.0. The maximum atomic E-state index is 2.66. The summed E-state index contributed by atoms with van der Waals surface area (Å²) < 4.78 is 0. The maximum absolute atomic E-state index is 2.66. The highest BCUT2D eigenvalue weighted by atomic mass is 14.4. The van der Waals surface area contributed by atoms with Gasteiger partial charge < -0.3 is 0 Å². The molecule has 0 unspecified atom stereocenters. The Labute approximate surface area is 372 Å². The van der Waals surface area contributed by atoms with Gasteiger partial charge in [0.05, 0.1) is 0 Å². The van der Waals surface area contributed by atoms with Crippen LogP contribution >= 0.6 is 0 Å². The van der Waals surface area contributed by atoms with E-state index in [9.17, 15) is 0 Å². The number of benzene rings is 7. The van der Waals surface area contributed by atoms with Crippen molar-refractivity contribution in [2.75, 3.05) is 0 Å². The van der Waals surface area contributed by atoms with Gasteiger partial charge in [-0.3, -0.25) is 0 Å². The third kappa shape index (κ3) is 5.63. The van der Waals surface area contributed by atoms with Crippen molar-refractivity contribution >= 4 is 21.5 Å². The van der Waals surface area contributed by atoms with E-state index in [-0.39, 0.29) is 0 Å². The number of hydrogen-bond donors (Lipinski definition) is 0. The van der Waals surface area contributed by atoms with Gasteiger partial charge >= 0.3 is 0 Å². The lowest BCUT2D eigenvalue weighted by Gasteiger charge is -2.37. The Morgan fingerprint density at radius 1 is 0.290 bits per heavy atom. The molecule has 4 aliphatic carbocycles. The molecule has 0 amide bonds. The minimum atomic E-state index is 0.572. The molecule has 0 fully saturated rings. The van der Waals surface area contributed by atoms with Gasteiger partial charge in [0.15, 0.2) is 0 Å². The molecular formula is C62H66. The first-order chi connectivity index (χ1) is 30.4. The second-order valence-corrected chi connectivity index (χ2v) is 19.7. The molecule has 0 N–H and O–H groups in total. The lowest BCUT2D eigenvalue weighted by atomic mass is 9.66. The van der Waals surface area contributed by atoms with Gasteiger partial charge in [0.2, 0.25) is 0 Å². The predicted octanol–water partition coefficient (Wildman–Crippen LogP) is 17.9. The first-order valence-corrected chi connectivity index (χ1v) is 25.0. The molecule has 0 radical (unpaired) electrons. The van der Waals surface area contributed by atoms with Gasteiger partial charge in [0, 0.05) is 0 Å². The molecule has 0 saturated carbocycles. The van der Waals surface area contributed by atoms with Crippen molar-refractivity contribution in [2.24, 2.45) is 0 Å². The second-order valence-electron chi connectivity index (χ2n) is 19.7. The normalized spacial score (nSPS) is 14.0. The molecule has 0 atom stereocenters. The summed E-state index contributed by atoms with van der Waals surface area (Å²) in [5.41, 5.74) is 30.8. The molecule has 0 aromatic heterocycles. The zero-order valence-electron chi connectivity index (χ0n) is 38.9. The maximum Gasteiger partial charge on any atom is -0.00129 e. The average Bonchev–Trinajstić information content (AvgIpc) is 3.30. The quantitative estimate of drug-likeness (QED) is 0.0960. The Morgan fingerprint density at radius 3 is 0.758 bits per heavy atom. The van der Waals surface area contributed by atoms with Gasteiger partial charge in [-0.2, -0.15) is 0 Å². The number of hydrogen-bond acceptors (Lipinski definition) is 0. The first kappa shape index (κ1) is 39.9. The molecule has 0 saturated heterocycles. The van der Waals surface area contributed by atoms with Crippen LogP contribution in [0, 0.1) is 0 Å². The summed E-state index contributed by atoms with van der Waals surface area (Å²) >= 11 is 0. The molecular weight excluding hydrogens is 745 g/mol. The monoisotopic (exact) mass is 811 g/mol. The van der Waals surface area contributed by atoms with Gasteiger partial charge in [-0.15, -0.1) is 0 Å². The Kier molecular flexibility index (Phi) is 9.90. The molecule has 314 valence electrons. The van der Waals surface area contributed by atoms with Crippen LogP contribution in [-0.2, 0) is 25.7 Å². The van der Waals surface area contributed by atoms with Gasteiger partial charge in [-0.25, -0.2) is 0 Å². The van der Waals surface area contributed by atoms with Crippen LogP contribution in [-0.4, -0.2) is 0 Å². The van der Waals surface area contributed by atoms with E-state index in [4.69, 9.17) is 0 Å². The fourth-order valence-corrected chi connectivity index (χ4v) is 13.8. The molecule has 7 aromatic carbocycles. The number of rotatable bonds is 14. The highest BCUT2D eigenvalue weighted by Gasteiger charge is 2.37. The zero-order valence-corrected chi connectivity index (χ0v) is 38.9. The fraction of sp³-hybridized carbons (Fsp3) is 0.387. The lowest BCUT2D eigenvalue weighted by Crippen LogP contribution is -2.17. The van der Waals surface area contributed by atoms with Gasteiger partial charge in [-0.05, 0) is 234 Å². The van der Waals surface area contributed by atoms with Gasteiger partial charge in [0.1, 0.15) is 0 Å². The van der Waals surface area contributed by atoms with Crippen molar-refractivity contribution < 1.29 is 0 Å². The Bertz CT molecular complexity index is 2570. The van der Waals surface area contributed by atoms with Crippen LogP contribution in [0.5, 0.6) is 0 Å². The highest BCUT2D eigenvalue weighted by Crippen LogP contribution is 2.59. The summed E-state index contributed by atoms with van der Waals surface area (Å²) in [7, 11) is 0. The summed E-state index contributed by atoms with van der Waals surface area (Å²) in [5.74, 6) is 2.29. The van der Waals surface area contributed by atoms with Crippen LogP contribution in [0.3, 0.4) is 0 Å². The van der Waals surface area contributed by atoms with E-state index in [1.165, 1.54) is 84.7 Å². The van der Waals surface area contributed by atoms with E-state index in [0.717, 1.165) is 25.7 Å². The van der Waals surface area contributed by atoms with Gasteiger partial charge in [-0.1, -0.05) is 140 Å². The van der Waals surface area contributed by atoms with Crippen molar-refractivity contribution in [2.45, 2.75) is 156 Å². The van der Waals surface area contributed by atoms with Gasteiger partial charge in [0.25, 0.3) is 0 Å². The minimum Gasteiger partial charge on any atom is -0.0648 e. The van der Waals surface area contributed by atoms with Crippen molar-refractivity contribution in [1.29, 1.82) is 0 Å². The molecule has 11 rings (SSSR count). The third-order valence-corrected chi connectivity index (χ3v) is 16.9.